The molecule has 3 rings (SSSR count). The largest absolute Gasteiger partial charge is 0.272 e. The third kappa shape index (κ3) is 2.33. The van der Waals surface area contributed by atoms with Gasteiger partial charge in [0, 0.05) is 0 Å². The molecule has 1 saturated heterocycles. The lowest BCUT2D eigenvalue weighted by atomic mass is 9.93. The lowest BCUT2D eigenvalue weighted by Crippen LogP contribution is -2.53. The van der Waals surface area contributed by atoms with Gasteiger partial charge in [-0.05, 0) is 32.6 Å². The predicted molar refractivity (Wildman–Crippen MR) is 76.6 cm³/mol. The topological polar surface area (TPSA) is 40.6 Å². The first-order valence-corrected chi connectivity index (χ1v) is 8.36. The number of hydrogen-bond donors (Lipinski definition) is 0. The summed E-state index contributed by atoms with van der Waals surface area (Å²) in [5.41, 5.74) is 0. The fraction of sp³-hybridized carbons (Fsp3) is 0.875. The van der Waals surface area contributed by atoms with Gasteiger partial charge in [-0.3, -0.25) is 9.59 Å². The van der Waals surface area contributed by atoms with Crippen molar-refractivity contribution in [2.75, 3.05) is 0 Å². The highest BCUT2D eigenvalue weighted by Gasteiger charge is 2.48. The Morgan fingerprint density at radius 3 is 1.40 bits per heavy atom. The molecule has 2 amide bonds. The van der Waals surface area contributed by atoms with E-state index in [-0.39, 0.29) is 23.9 Å². The van der Waals surface area contributed by atoms with Gasteiger partial charge in [0.15, 0.2) is 0 Å². The minimum absolute atomic E-state index is 0.0486. The van der Waals surface area contributed by atoms with Gasteiger partial charge in [-0.15, -0.1) is 0 Å². The minimum Gasteiger partial charge on any atom is -0.272 e. The summed E-state index contributed by atoms with van der Waals surface area (Å²) in [7, 11) is 0. The molecule has 1 heterocycles. The summed E-state index contributed by atoms with van der Waals surface area (Å²) in [6, 6.07) is 0.541. The number of hydrogen-bond acceptors (Lipinski definition) is 2. The molecule has 0 aromatic carbocycles. The van der Waals surface area contributed by atoms with E-state index in [9.17, 15) is 9.59 Å². The zero-order valence-corrected chi connectivity index (χ0v) is 12.5. The third-order valence-electron chi connectivity index (χ3n) is 5.27. The van der Waals surface area contributed by atoms with E-state index in [0.29, 0.717) is 0 Å². The van der Waals surface area contributed by atoms with Crippen LogP contribution in [0.5, 0.6) is 0 Å². The molecule has 2 aliphatic carbocycles. The average Bonchev–Trinajstić information content (AvgIpc) is 2.73. The molecule has 0 radical (unpaired) electrons. The van der Waals surface area contributed by atoms with Crippen LogP contribution in [0.4, 0.5) is 0 Å². The lowest BCUT2D eigenvalue weighted by Gasteiger charge is -2.42. The van der Waals surface area contributed by atoms with Gasteiger partial charge in [0.2, 0.25) is 0 Å². The maximum atomic E-state index is 12.5. The van der Waals surface area contributed by atoms with Crippen molar-refractivity contribution in [3.05, 3.63) is 0 Å². The SMILES string of the molecule is CC1C(=O)N(C2CCCCC2)N(C2CCCCC2)C1=O. The fourth-order valence-electron chi connectivity index (χ4n) is 4.08. The molecule has 0 spiro atoms. The molecule has 0 aromatic heterocycles. The van der Waals surface area contributed by atoms with Gasteiger partial charge in [-0.2, -0.15) is 0 Å². The van der Waals surface area contributed by atoms with E-state index in [4.69, 9.17) is 0 Å². The normalized spacial score (nSPS) is 27.6. The van der Waals surface area contributed by atoms with E-state index in [1.54, 1.807) is 6.92 Å². The molecule has 0 bridgehead atoms. The summed E-state index contributed by atoms with van der Waals surface area (Å²) in [5, 5.41) is 3.75. The van der Waals surface area contributed by atoms with Crippen LogP contribution in [0.2, 0.25) is 0 Å². The molecule has 3 aliphatic rings. The highest BCUT2D eigenvalue weighted by Crippen LogP contribution is 2.34. The van der Waals surface area contributed by atoms with E-state index in [1.165, 1.54) is 38.5 Å². The van der Waals surface area contributed by atoms with Crippen molar-refractivity contribution < 1.29 is 9.59 Å². The first-order valence-electron chi connectivity index (χ1n) is 8.36. The second-order valence-electron chi connectivity index (χ2n) is 6.67. The predicted octanol–water partition coefficient (Wildman–Crippen LogP) is 2.87. The summed E-state index contributed by atoms with van der Waals surface area (Å²) < 4.78 is 0. The third-order valence-corrected chi connectivity index (χ3v) is 5.27. The van der Waals surface area contributed by atoms with Crippen LogP contribution in [0.25, 0.3) is 0 Å². The molecule has 1 aliphatic heterocycles. The summed E-state index contributed by atoms with van der Waals surface area (Å²) in [4.78, 5) is 25.1. The zero-order chi connectivity index (χ0) is 14.1. The molecule has 112 valence electrons. The van der Waals surface area contributed by atoms with E-state index in [2.05, 4.69) is 0 Å². The van der Waals surface area contributed by atoms with E-state index in [1.807, 2.05) is 10.0 Å². The van der Waals surface area contributed by atoms with Gasteiger partial charge in [-0.25, -0.2) is 10.0 Å². The molecule has 0 atom stereocenters. The molecule has 4 nitrogen and oxygen atoms in total. The van der Waals surface area contributed by atoms with Crippen molar-refractivity contribution in [1.82, 2.24) is 10.0 Å². The Kier molecular flexibility index (Phi) is 3.99. The van der Waals surface area contributed by atoms with Crippen LogP contribution >= 0.6 is 0 Å². The van der Waals surface area contributed by atoms with Gasteiger partial charge in [-0.1, -0.05) is 38.5 Å². The fourth-order valence-corrected chi connectivity index (χ4v) is 4.08. The molecule has 2 saturated carbocycles. The van der Waals surface area contributed by atoms with Crippen molar-refractivity contribution in [2.45, 2.75) is 83.2 Å². The van der Waals surface area contributed by atoms with Gasteiger partial charge in [0.1, 0.15) is 5.92 Å². The second-order valence-corrected chi connectivity index (χ2v) is 6.67. The summed E-state index contributed by atoms with van der Waals surface area (Å²) in [6.45, 7) is 1.78. The van der Waals surface area contributed by atoms with E-state index < -0.39 is 5.92 Å². The lowest BCUT2D eigenvalue weighted by molar-refractivity contribution is -0.160. The Hall–Kier alpha value is -1.06. The Bertz CT molecular complexity index is 348. The smallest absolute Gasteiger partial charge is 0.253 e. The van der Waals surface area contributed by atoms with Gasteiger partial charge >= 0.3 is 0 Å². The number of hydrazine groups is 1. The van der Waals surface area contributed by atoms with Crippen molar-refractivity contribution in [1.29, 1.82) is 0 Å². The molecule has 3 fully saturated rings. The maximum absolute atomic E-state index is 12.5. The molecular formula is C16H26N2O2. The Balaban J connectivity index is 1.82. The molecule has 0 unspecified atom stereocenters. The van der Waals surface area contributed by atoms with Gasteiger partial charge in [0.05, 0.1) is 12.1 Å². The molecule has 0 aromatic rings. The van der Waals surface area contributed by atoms with Crippen molar-refractivity contribution >= 4 is 11.8 Å². The number of rotatable bonds is 2. The Morgan fingerprint density at radius 2 is 1.05 bits per heavy atom. The minimum atomic E-state index is -0.459. The number of carbonyl (C=O) groups is 2. The average molecular weight is 278 g/mol. The van der Waals surface area contributed by atoms with Crippen LogP contribution in [0.1, 0.15) is 71.1 Å². The molecule has 4 heteroatoms. The first-order chi connectivity index (χ1) is 9.70. The zero-order valence-electron chi connectivity index (χ0n) is 12.5. The van der Waals surface area contributed by atoms with Crippen LogP contribution in [-0.4, -0.2) is 33.9 Å². The van der Waals surface area contributed by atoms with E-state index >= 15 is 0 Å². The Morgan fingerprint density at radius 1 is 0.700 bits per heavy atom. The monoisotopic (exact) mass is 278 g/mol. The van der Waals surface area contributed by atoms with Gasteiger partial charge in [0.25, 0.3) is 11.8 Å². The number of nitrogens with zero attached hydrogens (tertiary/aromatic N) is 2. The van der Waals surface area contributed by atoms with Crippen LogP contribution in [0, 0.1) is 5.92 Å². The van der Waals surface area contributed by atoms with Crippen molar-refractivity contribution in [2.24, 2.45) is 5.92 Å². The van der Waals surface area contributed by atoms with Crippen LogP contribution in [-0.2, 0) is 9.59 Å². The second kappa shape index (κ2) is 5.74. The summed E-state index contributed by atoms with van der Waals surface area (Å²) in [6.07, 6.45) is 11.6. The van der Waals surface area contributed by atoms with Crippen LogP contribution in [0.3, 0.4) is 0 Å². The molecular weight excluding hydrogens is 252 g/mol. The molecule has 20 heavy (non-hydrogen) atoms. The number of carbonyl (C=O) groups excluding carboxylic acids is 2. The van der Waals surface area contributed by atoms with E-state index in [0.717, 1.165) is 25.7 Å². The highest BCUT2D eigenvalue weighted by molar-refractivity contribution is 6.05. The Labute approximate surface area is 121 Å². The van der Waals surface area contributed by atoms with Gasteiger partial charge < -0.3 is 0 Å². The van der Waals surface area contributed by atoms with Crippen molar-refractivity contribution in [3.8, 4) is 0 Å². The standard InChI is InChI=1S/C16H26N2O2/c1-12-15(19)17(13-8-4-2-5-9-13)18(16(12)20)14-10-6-3-7-11-14/h12-14H,2-11H2,1H3. The van der Waals surface area contributed by atoms with Crippen LogP contribution in [0.15, 0.2) is 0 Å². The summed E-state index contributed by atoms with van der Waals surface area (Å²) >= 11 is 0. The first kappa shape index (κ1) is 13.9. The van der Waals surface area contributed by atoms with Crippen molar-refractivity contribution in [3.63, 3.8) is 0 Å². The maximum Gasteiger partial charge on any atom is 0.253 e. The highest BCUT2D eigenvalue weighted by atomic mass is 16.2. The number of amides is 2. The molecule has 0 N–H and O–H groups in total. The van der Waals surface area contributed by atoms with Crippen LogP contribution < -0.4 is 0 Å². The quantitative estimate of drug-likeness (QED) is 0.729. The summed E-state index contributed by atoms with van der Waals surface area (Å²) in [5.74, 6) is -0.362.